The first kappa shape index (κ1) is 10.5. The number of nitrogens with two attached hydrogens (primary N) is 1. The van der Waals surface area contributed by atoms with Gasteiger partial charge in [0.05, 0.1) is 17.6 Å². The quantitative estimate of drug-likeness (QED) is 0.756. The summed E-state index contributed by atoms with van der Waals surface area (Å²) in [5.74, 6) is -3.21. The monoisotopic (exact) mass is 224 g/mol. The maximum absolute atomic E-state index is 13.3. The lowest BCUT2D eigenvalue weighted by atomic mass is 10.1. The molecule has 16 heavy (non-hydrogen) atoms. The smallest absolute Gasteiger partial charge is 0.161 e. The van der Waals surface area contributed by atoms with Crippen molar-refractivity contribution in [2.24, 2.45) is 0 Å². The molecule has 2 nitrogen and oxygen atoms in total. The van der Waals surface area contributed by atoms with Gasteiger partial charge in [0.25, 0.3) is 0 Å². The molecule has 2 N–H and O–H groups in total. The van der Waals surface area contributed by atoms with Crippen molar-refractivity contribution in [2.45, 2.75) is 0 Å². The minimum Gasteiger partial charge on any atom is -0.397 e. The van der Waals surface area contributed by atoms with Crippen molar-refractivity contribution in [3.63, 3.8) is 0 Å². The van der Waals surface area contributed by atoms with Crippen LogP contribution in [0.1, 0.15) is 0 Å². The Hall–Kier alpha value is -2.04. The molecule has 1 aromatic heterocycles. The van der Waals surface area contributed by atoms with Crippen LogP contribution in [-0.2, 0) is 0 Å². The number of nitrogens with zero attached hydrogens (tertiary/aromatic N) is 1. The fraction of sp³-hybridized carbons (Fsp3) is 0. The van der Waals surface area contributed by atoms with E-state index in [1.54, 1.807) is 0 Å². The third-order valence-corrected chi connectivity index (χ3v) is 2.07. The predicted molar refractivity (Wildman–Crippen MR) is 54.0 cm³/mol. The molecule has 0 aliphatic rings. The van der Waals surface area contributed by atoms with Gasteiger partial charge >= 0.3 is 0 Å². The number of hydrogen-bond donors (Lipinski definition) is 1. The highest BCUT2D eigenvalue weighted by Gasteiger charge is 2.12. The van der Waals surface area contributed by atoms with E-state index in [2.05, 4.69) is 4.98 Å². The van der Waals surface area contributed by atoms with Crippen molar-refractivity contribution in [1.29, 1.82) is 0 Å². The van der Waals surface area contributed by atoms with Crippen LogP contribution in [0, 0.1) is 17.5 Å². The van der Waals surface area contributed by atoms with E-state index >= 15 is 0 Å². The Morgan fingerprint density at radius 1 is 0.938 bits per heavy atom. The van der Waals surface area contributed by atoms with E-state index in [0.29, 0.717) is 11.8 Å². The van der Waals surface area contributed by atoms with Crippen LogP contribution in [0.25, 0.3) is 11.3 Å². The largest absolute Gasteiger partial charge is 0.397 e. The molecule has 1 heterocycles. The molecule has 0 bridgehead atoms. The van der Waals surface area contributed by atoms with Crippen molar-refractivity contribution < 1.29 is 13.2 Å². The standard InChI is InChI=1S/C11H7F3N2/c12-8-4-10(14)9(13)3-7(8)11-2-1-6(15)5-16-11/h1-5H,15H2. The molecule has 0 atom stereocenters. The molecule has 0 radical (unpaired) electrons. The third-order valence-electron chi connectivity index (χ3n) is 2.07. The average molecular weight is 224 g/mol. The number of pyridine rings is 1. The summed E-state index contributed by atoms with van der Waals surface area (Å²) in [6.07, 6.45) is 1.32. The van der Waals surface area contributed by atoms with E-state index in [-0.39, 0.29) is 11.3 Å². The lowest BCUT2D eigenvalue weighted by Gasteiger charge is -2.03. The molecule has 1 aromatic carbocycles. The molecular formula is C11H7F3N2. The Morgan fingerprint density at radius 2 is 1.62 bits per heavy atom. The number of aromatic nitrogens is 1. The van der Waals surface area contributed by atoms with E-state index in [9.17, 15) is 13.2 Å². The van der Waals surface area contributed by atoms with Gasteiger partial charge in [0.15, 0.2) is 11.6 Å². The Morgan fingerprint density at radius 3 is 2.25 bits per heavy atom. The van der Waals surface area contributed by atoms with Gasteiger partial charge in [-0.25, -0.2) is 13.2 Å². The van der Waals surface area contributed by atoms with Crippen LogP contribution >= 0.6 is 0 Å². The molecule has 0 saturated carbocycles. The van der Waals surface area contributed by atoms with Gasteiger partial charge in [-0.2, -0.15) is 0 Å². The van der Waals surface area contributed by atoms with Gasteiger partial charge in [-0.15, -0.1) is 0 Å². The summed E-state index contributed by atoms with van der Waals surface area (Å²) in [5, 5.41) is 0. The molecule has 82 valence electrons. The van der Waals surface area contributed by atoms with Crippen LogP contribution in [-0.4, -0.2) is 4.98 Å². The molecule has 0 spiro atoms. The van der Waals surface area contributed by atoms with Gasteiger partial charge in [0.1, 0.15) is 5.82 Å². The normalized spacial score (nSPS) is 10.4. The molecule has 2 rings (SSSR count). The molecule has 0 amide bonds. The summed E-state index contributed by atoms with van der Waals surface area (Å²) in [6.45, 7) is 0. The molecule has 0 aliphatic heterocycles. The summed E-state index contributed by atoms with van der Waals surface area (Å²) >= 11 is 0. The van der Waals surface area contributed by atoms with Crippen LogP contribution < -0.4 is 5.73 Å². The highest BCUT2D eigenvalue weighted by Crippen LogP contribution is 2.23. The van der Waals surface area contributed by atoms with Crippen LogP contribution in [0.15, 0.2) is 30.5 Å². The highest BCUT2D eigenvalue weighted by atomic mass is 19.2. The zero-order valence-electron chi connectivity index (χ0n) is 8.05. The summed E-state index contributed by atoms with van der Waals surface area (Å²) < 4.78 is 39.0. The van der Waals surface area contributed by atoms with Crippen LogP contribution in [0.4, 0.5) is 18.9 Å². The van der Waals surface area contributed by atoms with Gasteiger partial charge < -0.3 is 5.73 Å². The fourth-order valence-corrected chi connectivity index (χ4v) is 1.28. The second-order valence-corrected chi connectivity index (χ2v) is 3.22. The maximum Gasteiger partial charge on any atom is 0.161 e. The Labute approximate surface area is 89.5 Å². The van der Waals surface area contributed by atoms with Crippen molar-refractivity contribution >= 4 is 5.69 Å². The first-order chi connectivity index (χ1) is 7.58. The molecule has 2 aromatic rings. The van der Waals surface area contributed by atoms with E-state index in [1.165, 1.54) is 18.3 Å². The SMILES string of the molecule is Nc1ccc(-c2cc(F)c(F)cc2F)nc1. The lowest BCUT2D eigenvalue weighted by Crippen LogP contribution is -1.94. The highest BCUT2D eigenvalue weighted by molar-refractivity contribution is 5.61. The summed E-state index contributed by atoms with van der Waals surface area (Å²) in [7, 11) is 0. The van der Waals surface area contributed by atoms with Gasteiger partial charge in [-0.05, 0) is 18.2 Å². The van der Waals surface area contributed by atoms with Gasteiger partial charge in [0.2, 0.25) is 0 Å². The maximum atomic E-state index is 13.3. The molecule has 0 unspecified atom stereocenters. The van der Waals surface area contributed by atoms with Crippen LogP contribution in [0.5, 0.6) is 0 Å². The van der Waals surface area contributed by atoms with Gasteiger partial charge in [-0.1, -0.05) is 0 Å². The van der Waals surface area contributed by atoms with Gasteiger partial charge in [0, 0.05) is 11.6 Å². The van der Waals surface area contributed by atoms with Crippen LogP contribution in [0.2, 0.25) is 0 Å². The molecule has 0 fully saturated rings. The van der Waals surface area contributed by atoms with Gasteiger partial charge in [-0.3, -0.25) is 4.98 Å². The second kappa shape index (κ2) is 3.84. The minimum absolute atomic E-state index is 0.0982. The van der Waals surface area contributed by atoms with E-state index in [0.717, 1.165) is 6.07 Å². The molecular weight excluding hydrogens is 217 g/mol. The molecule has 0 saturated heterocycles. The summed E-state index contributed by atoms with van der Waals surface area (Å²) in [4.78, 5) is 3.83. The lowest BCUT2D eigenvalue weighted by molar-refractivity contribution is 0.496. The molecule has 0 aliphatic carbocycles. The fourth-order valence-electron chi connectivity index (χ4n) is 1.28. The van der Waals surface area contributed by atoms with E-state index < -0.39 is 17.5 Å². The van der Waals surface area contributed by atoms with Crippen LogP contribution in [0.3, 0.4) is 0 Å². The second-order valence-electron chi connectivity index (χ2n) is 3.22. The van der Waals surface area contributed by atoms with Crippen molar-refractivity contribution in [2.75, 3.05) is 5.73 Å². The zero-order valence-corrected chi connectivity index (χ0v) is 8.05. The van der Waals surface area contributed by atoms with Crippen molar-refractivity contribution in [3.8, 4) is 11.3 Å². The molecule has 5 heteroatoms. The topological polar surface area (TPSA) is 38.9 Å². The van der Waals surface area contributed by atoms with Crippen molar-refractivity contribution in [1.82, 2.24) is 4.98 Å². The van der Waals surface area contributed by atoms with E-state index in [1.807, 2.05) is 0 Å². The number of rotatable bonds is 1. The average Bonchev–Trinajstić information content (AvgIpc) is 2.25. The number of halogens is 3. The Balaban J connectivity index is 2.56. The zero-order chi connectivity index (χ0) is 11.7. The third kappa shape index (κ3) is 1.84. The first-order valence-electron chi connectivity index (χ1n) is 4.44. The minimum atomic E-state index is -1.23. The number of benzene rings is 1. The first-order valence-corrected chi connectivity index (χ1v) is 4.44. The Bertz CT molecular complexity index is 523. The number of anilines is 1. The number of nitrogen functional groups attached to an aromatic ring is 1. The van der Waals surface area contributed by atoms with Crippen molar-refractivity contribution in [3.05, 3.63) is 47.9 Å². The predicted octanol–water partition coefficient (Wildman–Crippen LogP) is 2.75. The summed E-state index contributed by atoms with van der Waals surface area (Å²) in [6, 6.07) is 4.19. The van der Waals surface area contributed by atoms with E-state index in [4.69, 9.17) is 5.73 Å². The Kier molecular flexibility index (Phi) is 2.52. The number of hydrogen-bond acceptors (Lipinski definition) is 2. The summed E-state index contributed by atoms with van der Waals surface area (Å²) in [5.41, 5.74) is 5.92.